The Morgan fingerprint density at radius 2 is 2.11 bits per heavy atom. The van der Waals surface area contributed by atoms with Crippen LogP contribution in [0, 0.1) is 0 Å². The molecule has 19 heavy (non-hydrogen) atoms. The van der Waals surface area contributed by atoms with Gasteiger partial charge in [0.1, 0.15) is 0 Å². The first kappa shape index (κ1) is 13.7. The van der Waals surface area contributed by atoms with Crippen molar-refractivity contribution in [3.63, 3.8) is 0 Å². The highest BCUT2D eigenvalue weighted by Gasteiger charge is 2.34. The summed E-state index contributed by atoms with van der Waals surface area (Å²) in [4.78, 5) is 3.90. The second-order valence-corrected chi connectivity index (χ2v) is 4.42. The maximum Gasteiger partial charge on any atom is 0.418 e. The first-order valence-electron chi connectivity index (χ1n) is 5.44. The second kappa shape index (κ2) is 5.13. The number of halogens is 4. The Morgan fingerprint density at radius 1 is 1.37 bits per heavy atom. The number of anilines is 1. The first-order valence-corrected chi connectivity index (χ1v) is 5.82. The molecule has 0 saturated carbocycles. The number of nitrogens with one attached hydrogen (secondary N) is 1. The molecule has 0 atom stereocenters. The monoisotopic (exact) mass is 289 g/mol. The Bertz CT molecular complexity index is 578. The molecule has 1 heterocycles. The molecule has 0 aliphatic carbocycles. The fourth-order valence-corrected chi connectivity index (χ4v) is 1.92. The van der Waals surface area contributed by atoms with Crippen molar-refractivity contribution >= 4 is 17.3 Å². The molecule has 1 aromatic carbocycles. The van der Waals surface area contributed by atoms with Crippen molar-refractivity contribution in [2.45, 2.75) is 12.7 Å². The highest BCUT2D eigenvalue weighted by Crippen LogP contribution is 2.38. The van der Waals surface area contributed by atoms with Crippen LogP contribution >= 0.6 is 11.6 Å². The first-order chi connectivity index (χ1) is 8.89. The fraction of sp³-hybridized carbons (Fsp3) is 0.250. The lowest BCUT2D eigenvalue weighted by atomic mass is 10.1. The summed E-state index contributed by atoms with van der Waals surface area (Å²) < 4.78 is 40.3. The van der Waals surface area contributed by atoms with Crippen LogP contribution in [0.5, 0.6) is 0 Å². The summed E-state index contributed by atoms with van der Waals surface area (Å²) in [5, 5.41) is 2.76. The van der Waals surface area contributed by atoms with Gasteiger partial charge in [0.25, 0.3) is 0 Å². The van der Waals surface area contributed by atoms with E-state index in [9.17, 15) is 13.2 Å². The average molecular weight is 290 g/mol. The zero-order chi connectivity index (χ0) is 14.0. The molecule has 0 spiro atoms. The molecule has 0 amide bonds. The average Bonchev–Trinajstić information content (AvgIpc) is 2.72. The summed E-state index contributed by atoms with van der Waals surface area (Å²) in [6, 6.07) is 3.69. The molecule has 0 fully saturated rings. The third-order valence-corrected chi connectivity index (χ3v) is 3.00. The van der Waals surface area contributed by atoms with Gasteiger partial charge >= 0.3 is 6.18 Å². The van der Waals surface area contributed by atoms with E-state index < -0.39 is 11.7 Å². The van der Waals surface area contributed by atoms with Gasteiger partial charge in [-0.15, -0.1) is 0 Å². The van der Waals surface area contributed by atoms with Crippen molar-refractivity contribution in [2.24, 2.45) is 7.05 Å². The molecule has 0 bridgehead atoms. The molecule has 1 N–H and O–H groups in total. The van der Waals surface area contributed by atoms with Crippen LogP contribution < -0.4 is 5.32 Å². The third kappa shape index (κ3) is 3.01. The summed E-state index contributed by atoms with van der Waals surface area (Å²) in [6.45, 7) is 0.212. The molecule has 0 aliphatic heterocycles. The summed E-state index contributed by atoms with van der Waals surface area (Å²) in [7, 11) is 1.77. The van der Waals surface area contributed by atoms with E-state index in [2.05, 4.69) is 10.3 Å². The minimum Gasteiger partial charge on any atom is -0.378 e. The molecule has 7 heteroatoms. The predicted octanol–water partition coefficient (Wildman–Crippen LogP) is 3.70. The lowest BCUT2D eigenvalue weighted by Crippen LogP contribution is -2.12. The smallest absolute Gasteiger partial charge is 0.378 e. The maximum atomic E-state index is 12.9. The highest BCUT2D eigenvalue weighted by molar-refractivity contribution is 6.33. The SMILES string of the molecule is Cn1cncc1CNc1c(Cl)cccc1C(F)(F)F. The quantitative estimate of drug-likeness (QED) is 0.933. The van der Waals surface area contributed by atoms with Crippen LogP contribution in [0.2, 0.25) is 5.02 Å². The Kier molecular flexibility index (Phi) is 3.71. The summed E-state index contributed by atoms with van der Waals surface area (Å²) >= 11 is 5.83. The van der Waals surface area contributed by atoms with Gasteiger partial charge in [0.15, 0.2) is 0 Å². The second-order valence-electron chi connectivity index (χ2n) is 4.01. The number of aryl methyl sites for hydroxylation is 1. The number of nitrogens with zero attached hydrogens (tertiary/aromatic N) is 2. The normalized spacial score (nSPS) is 11.6. The Labute approximate surface area is 113 Å². The summed E-state index contributed by atoms with van der Waals surface area (Å²) in [6.07, 6.45) is -1.29. The summed E-state index contributed by atoms with van der Waals surface area (Å²) in [5.74, 6) is 0. The Morgan fingerprint density at radius 3 is 2.68 bits per heavy atom. The van der Waals surface area contributed by atoms with E-state index in [1.807, 2.05) is 0 Å². The Balaban J connectivity index is 2.27. The van der Waals surface area contributed by atoms with Gasteiger partial charge in [0, 0.05) is 13.2 Å². The van der Waals surface area contributed by atoms with Crippen molar-refractivity contribution in [3.05, 3.63) is 47.0 Å². The van der Waals surface area contributed by atoms with Crippen molar-refractivity contribution < 1.29 is 13.2 Å². The molecule has 0 saturated heterocycles. The molecule has 3 nitrogen and oxygen atoms in total. The van der Waals surface area contributed by atoms with Crippen molar-refractivity contribution in [3.8, 4) is 0 Å². The largest absolute Gasteiger partial charge is 0.418 e. The Hall–Kier alpha value is -1.69. The lowest BCUT2D eigenvalue weighted by molar-refractivity contribution is -0.136. The molecule has 0 aliphatic rings. The third-order valence-electron chi connectivity index (χ3n) is 2.68. The molecule has 0 radical (unpaired) electrons. The van der Waals surface area contributed by atoms with E-state index in [0.29, 0.717) is 0 Å². The van der Waals surface area contributed by atoms with Crippen LogP contribution in [-0.2, 0) is 19.8 Å². The number of imidazole rings is 1. The summed E-state index contributed by atoms with van der Waals surface area (Å²) in [5.41, 5.74) is -0.131. The number of hydrogen-bond donors (Lipinski definition) is 1. The molecule has 2 aromatic rings. The maximum absolute atomic E-state index is 12.9. The van der Waals surface area contributed by atoms with Crippen molar-refractivity contribution in [1.82, 2.24) is 9.55 Å². The molecule has 0 unspecified atom stereocenters. The highest BCUT2D eigenvalue weighted by atomic mass is 35.5. The molecular weight excluding hydrogens is 279 g/mol. The topological polar surface area (TPSA) is 29.9 Å². The number of rotatable bonds is 3. The molecule has 1 aromatic heterocycles. The minimum absolute atomic E-state index is 0.0389. The number of para-hydroxylation sites is 1. The van der Waals surface area contributed by atoms with Crippen LogP contribution in [0.15, 0.2) is 30.7 Å². The molecular formula is C12H11ClF3N3. The van der Waals surface area contributed by atoms with Gasteiger partial charge in [0.2, 0.25) is 0 Å². The van der Waals surface area contributed by atoms with E-state index in [1.54, 1.807) is 24.1 Å². The van der Waals surface area contributed by atoms with Crippen molar-refractivity contribution in [1.29, 1.82) is 0 Å². The number of aromatic nitrogens is 2. The van der Waals surface area contributed by atoms with Gasteiger partial charge in [-0.2, -0.15) is 13.2 Å². The van der Waals surface area contributed by atoms with Crippen LogP contribution in [0.25, 0.3) is 0 Å². The number of alkyl halides is 3. The van der Waals surface area contributed by atoms with Gasteiger partial charge in [-0.25, -0.2) is 4.98 Å². The minimum atomic E-state index is -4.44. The van der Waals surface area contributed by atoms with E-state index in [4.69, 9.17) is 11.6 Å². The van der Waals surface area contributed by atoms with Gasteiger partial charge in [-0.1, -0.05) is 17.7 Å². The number of benzene rings is 1. The van der Waals surface area contributed by atoms with Crippen LogP contribution in [0.3, 0.4) is 0 Å². The van der Waals surface area contributed by atoms with Gasteiger partial charge < -0.3 is 9.88 Å². The van der Waals surface area contributed by atoms with E-state index >= 15 is 0 Å². The standard InChI is InChI=1S/C12H11ClF3N3/c1-19-7-17-5-8(19)6-18-11-9(12(14,15)16)3-2-4-10(11)13/h2-5,7,18H,6H2,1H3. The van der Waals surface area contributed by atoms with Crippen LogP contribution in [0.1, 0.15) is 11.3 Å². The van der Waals surface area contributed by atoms with Crippen LogP contribution in [-0.4, -0.2) is 9.55 Å². The number of hydrogen-bond acceptors (Lipinski definition) is 2. The van der Waals surface area contributed by atoms with Gasteiger partial charge in [0.05, 0.1) is 34.8 Å². The van der Waals surface area contributed by atoms with Gasteiger partial charge in [-0.05, 0) is 12.1 Å². The molecule has 102 valence electrons. The van der Waals surface area contributed by atoms with Gasteiger partial charge in [-0.3, -0.25) is 0 Å². The zero-order valence-corrected chi connectivity index (χ0v) is 10.8. The van der Waals surface area contributed by atoms with Crippen molar-refractivity contribution in [2.75, 3.05) is 5.32 Å². The fourth-order valence-electron chi connectivity index (χ4n) is 1.67. The van der Waals surface area contributed by atoms with E-state index in [-0.39, 0.29) is 17.3 Å². The van der Waals surface area contributed by atoms with E-state index in [0.717, 1.165) is 11.8 Å². The lowest BCUT2D eigenvalue weighted by Gasteiger charge is -2.16. The van der Waals surface area contributed by atoms with Crippen LogP contribution in [0.4, 0.5) is 18.9 Å². The molecule has 2 rings (SSSR count). The zero-order valence-electron chi connectivity index (χ0n) is 10.0. The van der Waals surface area contributed by atoms with E-state index in [1.165, 1.54) is 12.1 Å². The predicted molar refractivity (Wildman–Crippen MR) is 67.0 cm³/mol.